The number of aliphatic carboxylic acids is 1. The van der Waals surface area contributed by atoms with Gasteiger partial charge in [-0.1, -0.05) is 40.7 Å². The van der Waals surface area contributed by atoms with E-state index in [1.807, 2.05) is 0 Å². The monoisotopic (exact) mass is 789 g/mol. The second kappa shape index (κ2) is 16.1. The molecule has 0 bridgehead atoms. The summed E-state index contributed by atoms with van der Waals surface area (Å²) in [5, 5.41) is 23.3. The van der Waals surface area contributed by atoms with Crippen molar-refractivity contribution >= 4 is 57.2 Å². The van der Waals surface area contributed by atoms with Crippen LogP contribution in [0, 0.1) is 17.3 Å². The van der Waals surface area contributed by atoms with Gasteiger partial charge in [0.25, 0.3) is 0 Å². The van der Waals surface area contributed by atoms with Crippen molar-refractivity contribution in [2.75, 3.05) is 19.0 Å². The van der Waals surface area contributed by atoms with Gasteiger partial charge >= 0.3 is 6.09 Å². The molecular weight excluding hydrogens is 741 g/mol. The van der Waals surface area contributed by atoms with Crippen LogP contribution in [0.15, 0.2) is 42.3 Å². The van der Waals surface area contributed by atoms with E-state index in [0.717, 1.165) is 25.7 Å². The smallest absolute Gasteiger partial charge is 0.408 e. The highest BCUT2D eigenvalue weighted by Crippen LogP contribution is 2.44. The maximum Gasteiger partial charge on any atom is 0.408 e. The van der Waals surface area contributed by atoms with Crippen molar-refractivity contribution < 1.29 is 43.3 Å². The Hall–Kier alpha value is -5.25. The Morgan fingerprint density at radius 1 is 1.07 bits per heavy atom. The fraction of sp³-hybridized carbons (Fsp3) is 0.525. The first-order chi connectivity index (χ1) is 26.5. The van der Waals surface area contributed by atoms with Crippen LogP contribution in [0.4, 0.5) is 9.93 Å². The third-order valence-electron chi connectivity index (χ3n) is 10.6. The van der Waals surface area contributed by atoms with Crippen molar-refractivity contribution in [3.63, 3.8) is 0 Å². The quantitative estimate of drug-likeness (QED) is 0.210. The third kappa shape index (κ3) is 8.59. The van der Waals surface area contributed by atoms with Gasteiger partial charge in [-0.25, -0.2) is 14.8 Å². The number of fused-ring (bicyclic) bond motifs is 1. The van der Waals surface area contributed by atoms with Gasteiger partial charge in [0.2, 0.25) is 17.7 Å². The van der Waals surface area contributed by atoms with Gasteiger partial charge in [-0.05, 0) is 49.7 Å². The molecule has 300 valence electrons. The summed E-state index contributed by atoms with van der Waals surface area (Å²) >= 11 is 1.25. The Bertz CT molecular complexity index is 2020. The number of hydrogen-bond acceptors (Lipinski definition) is 12. The van der Waals surface area contributed by atoms with Gasteiger partial charge in [0.1, 0.15) is 41.5 Å². The molecule has 6 rings (SSSR count). The molecule has 3 aromatic rings. The first-order valence-corrected chi connectivity index (χ1v) is 19.8. The van der Waals surface area contributed by atoms with Gasteiger partial charge in [-0.15, -0.1) is 17.9 Å². The molecule has 56 heavy (non-hydrogen) atoms. The summed E-state index contributed by atoms with van der Waals surface area (Å²) in [7, 11) is 1.54. The first-order valence-electron chi connectivity index (χ1n) is 18.9. The average molecular weight is 790 g/mol. The number of likely N-dealkylation sites (tertiary alicyclic amines) is 1. The molecule has 1 aromatic carbocycles. The molecule has 0 unspecified atom stereocenters. The molecule has 3 aliphatic rings. The van der Waals surface area contributed by atoms with Crippen molar-refractivity contribution in [2.24, 2.45) is 17.3 Å². The highest BCUT2D eigenvalue weighted by molar-refractivity contribution is 7.14. The highest BCUT2D eigenvalue weighted by atomic mass is 32.1. The van der Waals surface area contributed by atoms with Crippen LogP contribution in [-0.4, -0.2) is 88.1 Å². The Morgan fingerprint density at radius 2 is 1.80 bits per heavy atom. The number of thiazole rings is 1. The molecule has 0 spiro atoms. The lowest BCUT2D eigenvalue weighted by Gasteiger charge is -2.35. The number of benzene rings is 1. The number of aromatic nitrogens is 2. The summed E-state index contributed by atoms with van der Waals surface area (Å²) in [5.74, 6) is -2.69. The van der Waals surface area contributed by atoms with Crippen LogP contribution < -0.4 is 30.5 Å². The van der Waals surface area contributed by atoms with E-state index in [0.29, 0.717) is 38.9 Å². The number of pyridine rings is 1. The molecule has 16 heteroatoms. The largest absolute Gasteiger partial charge is 0.548 e. The second-order valence-electron chi connectivity index (χ2n) is 16.1. The maximum atomic E-state index is 14.6. The number of nitrogens with zero attached hydrogens (tertiary/aromatic N) is 3. The Morgan fingerprint density at radius 3 is 2.43 bits per heavy atom. The van der Waals surface area contributed by atoms with Gasteiger partial charge < -0.3 is 45.0 Å². The zero-order valence-corrected chi connectivity index (χ0v) is 33.3. The fourth-order valence-electron chi connectivity index (χ4n) is 7.21. The molecule has 4 amide bonds. The van der Waals surface area contributed by atoms with Gasteiger partial charge in [-0.3, -0.25) is 14.4 Å². The lowest BCUT2D eigenvalue weighted by molar-refractivity contribution is -0.310. The molecule has 2 aliphatic carbocycles. The van der Waals surface area contributed by atoms with E-state index in [2.05, 4.69) is 27.5 Å². The average Bonchev–Trinajstić information content (AvgIpc) is 3.56. The first kappa shape index (κ1) is 40.4. The summed E-state index contributed by atoms with van der Waals surface area (Å²) in [6.45, 7) is 12.6. The van der Waals surface area contributed by atoms with Crippen LogP contribution in [0.3, 0.4) is 0 Å². The summed E-state index contributed by atoms with van der Waals surface area (Å²) < 4.78 is 17.8. The van der Waals surface area contributed by atoms with Crippen LogP contribution in [0.2, 0.25) is 0 Å². The van der Waals surface area contributed by atoms with Gasteiger partial charge in [0.05, 0.1) is 36.4 Å². The van der Waals surface area contributed by atoms with Crippen molar-refractivity contribution in [3.8, 4) is 22.9 Å². The number of carbonyl (C=O) groups excluding carboxylic acids is 5. The van der Waals surface area contributed by atoms with Gasteiger partial charge in [0.15, 0.2) is 5.13 Å². The second-order valence-corrected chi connectivity index (χ2v) is 17.0. The Labute approximate surface area is 329 Å². The van der Waals surface area contributed by atoms with Crippen molar-refractivity contribution in [1.29, 1.82) is 0 Å². The molecule has 5 atom stereocenters. The molecule has 3 heterocycles. The van der Waals surface area contributed by atoms with E-state index >= 15 is 0 Å². The molecule has 15 nitrogen and oxygen atoms in total. The highest BCUT2D eigenvalue weighted by Gasteiger charge is 2.57. The molecular formula is C40H49N6O9S-. The fourth-order valence-corrected chi connectivity index (χ4v) is 7.92. The Kier molecular flexibility index (Phi) is 11.6. The number of hydrogen-bond donors (Lipinski definition) is 3. The molecule has 1 aliphatic heterocycles. The van der Waals surface area contributed by atoms with Crippen LogP contribution in [0.25, 0.3) is 22.3 Å². The predicted octanol–water partition coefficient (Wildman–Crippen LogP) is 4.20. The maximum absolute atomic E-state index is 14.6. The number of rotatable bonds is 13. The summed E-state index contributed by atoms with van der Waals surface area (Å²) in [6, 6.07) is 4.74. The molecule has 2 aromatic heterocycles. The van der Waals surface area contributed by atoms with Crippen molar-refractivity contribution in [2.45, 2.75) is 103 Å². The molecule has 2 saturated carbocycles. The van der Waals surface area contributed by atoms with E-state index in [9.17, 15) is 29.1 Å². The van der Waals surface area contributed by atoms with Gasteiger partial charge in [0, 0.05) is 41.2 Å². The minimum atomic E-state index is -1.64. The zero-order valence-electron chi connectivity index (χ0n) is 32.5. The van der Waals surface area contributed by atoms with Crippen LogP contribution >= 0.6 is 11.3 Å². The van der Waals surface area contributed by atoms with Crippen LogP contribution in [0.1, 0.15) is 73.1 Å². The number of anilines is 1. The summed E-state index contributed by atoms with van der Waals surface area (Å²) in [6.07, 6.45) is 3.25. The van der Waals surface area contributed by atoms with Crippen LogP contribution in [-0.2, 0) is 23.9 Å². The van der Waals surface area contributed by atoms with Crippen molar-refractivity contribution in [1.82, 2.24) is 25.5 Å². The standard InChI is InChI=1S/C40H50N6O9S/c1-8-22-18-40(22,36(50)51)45-34(48)30-16-25(19-46(30)35(49)32(39(4,5)6)43-38(52)55-23-11-9-10-12-23)54-31-17-28(41-27-15-24(53-7)13-14-26(27)31)29-20-56-37(42-29)44-33(47)21(2)3/h8,13-15,17,20-23,25,30,32H,1,9-12,16,18-19H2,2-7H3,(H,43,52)(H,45,48)(H,50,51)(H,42,44,47)/p-1/t22-,25-,30+,32-,40-/m1/s1. The lowest BCUT2D eigenvalue weighted by Crippen LogP contribution is -2.60. The number of methoxy groups -OCH3 is 1. The topological polar surface area (TPSA) is 201 Å². The number of carbonyl (C=O) groups is 5. The van der Waals surface area contributed by atoms with Crippen molar-refractivity contribution in [3.05, 3.63) is 42.3 Å². The van der Waals surface area contributed by atoms with E-state index in [1.54, 1.807) is 71.4 Å². The summed E-state index contributed by atoms with van der Waals surface area (Å²) in [5.41, 5.74) is -0.994. The number of alkyl carbamates (subject to hydrolysis) is 1. The number of nitrogens with one attached hydrogen (secondary N) is 3. The van der Waals surface area contributed by atoms with E-state index < -0.39 is 58.9 Å². The number of amides is 4. The minimum Gasteiger partial charge on any atom is -0.548 e. The lowest BCUT2D eigenvalue weighted by atomic mass is 9.85. The third-order valence-corrected chi connectivity index (χ3v) is 11.4. The zero-order chi connectivity index (χ0) is 40.5. The number of carboxylic acids is 1. The molecule has 1 saturated heterocycles. The predicted molar refractivity (Wildman–Crippen MR) is 207 cm³/mol. The van der Waals surface area contributed by atoms with E-state index in [1.165, 1.54) is 22.3 Å². The van der Waals surface area contributed by atoms with Crippen LogP contribution in [0.5, 0.6) is 11.5 Å². The van der Waals surface area contributed by atoms with Gasteiger partial charge in [-0.2, -0.15) is 0 Å². The Balaban J connectivity index is 1.32. The summed E-state index contributed by atoms with van der Waals surface area (Å²) in [4.78, 5) is 77.1. The molecule has 3 fully saturated rings. The molecule has 3 N–H and O–H groups in total. The number of ether oxygens (including phenoxy) is 3. The number of carboxylic acid groups (broad SMARTS) is 1. The molecule has 0 radical (unpaired) electrons. The normalized spacial score (nSPS) is 22.7. The minimum absolute atomic E-state index is 0.000226. The SMILES string of the molecule is C=C[C@@H]1C[C@]1(NC(=O)[C@@H]1C[C@@H](Oc2cc(-c3csc(NC(=O)C(C)C)n3)nc3cc(OC)ccc23)CN1C(=O)[C@@H](NC(=O)OC1CCCC1)C(C)(C)C)C(=O)[O-]. The van der Waals surface area contributed by atoms with E-state index in [-0.39, 0.29) is 37.3 Å². The van der Waals surface area contributed by atoms with E-state index in [4.69, 9.17) is 19.2 Å².